The van der Waals surface area contributed by atoms with Crippen molar-refractivity contribution in [3.63, 3.8) is 0 Å². The molecule has 0 fully saturated rings. The summed E-state index contributed by atoms with van der Waals surface area (Å²) in [4.78, 5) is 0. The van der Waals surface area contributed by atoms with E-state index < -0.39 is 6.29 Å². The van der Waals surface area contributed by atoms with Gasteiger partial charge in [-0.15, -0.1) is 0 Å². The molecule has 0 spiro atoms. The van der Waals surface area contributed by atoms with Gasteiger partial charge in [0.1, 0.15) is 0 Å². The van der Waals surface area contributed by atoms with Crippen LogP contribution in [0.1, 0.15) is 103 Å². The van der Waals surface area contributed by atoms with E-state index in [0.717, 1.165) is 6.42 Å². The molecule has 21 heavy (non-hydrogen) atoms. The highest BCUT2D eigenvalue weighted by atomic mass is 16.6. The van der Waals surface area contributed by atoms with Crippen molar-refractivity contribution >= 4 is 0 Å². The molecule has 0 aliphatic carbocycles. The van der Waals surface area contributed by atoms with Crippen LogP contribution >= 0.6 is 0 Å². The molecule has 127 valence electrons. The van der Waals surface area contributed by atoms with E-state index in [4.69, 9.17) is 4.74 Å². The molecule has 1 unspecified atom stereocenters. The Balaban J connectivity index is 2.96. The smallest absolute Gasteiger partial charge is 0.154 e. The maximum atomic E-state index is 9.18. The quantitative estimate of drug-likeness (QED) is 0.262. The zero-order valence-electron chi connectivity index (χ0n) is 14.5. The van der Waals surface area contributed by atoms with Gasteiger partial charge in [0.05, 0.1) is 0 Å². The maximum absolute atomic E-state index is 9.18. The van der Waals surface area contributed by atoms with Gasteiger partial charge in [-0.3, -0.25) is 0 Å². The van der Waals surface area contributed by atoms with Crippen LogP contribution in [0.4, 0.5) is 0 Å². The molecule has 0 aromatic rings. The topological polar surface area (TPSA) is 29.5 Å². The lowest BCUT2D eigenvalue weighted by atomic mass is 10.0. The number of hydrogen-bond donors (Lipinski definition) is 1. The van der Waals surface area contributed by atoms with Gasteiger partial charge in [0.15, 0.2) is 6.29 Å². The van der Waals surface area contributed by atoms with Gasteiger partial charge in [-0.2, -0.15) is 0 Å². The number of unbranched alkanes of at least 4 members (excludes halogenated alkanes) is 13. The van der Waals surface area contributed by atoms with Gasteiger partial charge in [0.2, 0.25) is 0 Å². The van der Waals surface area contributed by atoms with Crippen LogP contribution in [-0.2, 0) is 4.74 Å². The fourth-order valence-electron chi connectivity index (χ4n) is 2.60. The Hall–Kier alpha value is -0.0800. The molecule has 1 radical (unpaired) electrons. The summed E-state index contributed by atoms with van der Waals surface area (Å²) in [5, 5.41) is 9.18. The van der Waals surface area contributed by atoms with Gasteiger partial charge in [0, 0.05) is 6.61 Å². The maximum Gasteiger partial charge on any atom is 0.154 e. The molecule has 0 saturated heterocycles. The van der Waals surface area contributed by atoms with E-state index in [1.807, 2.05) is 0 Å². The molecular formula is C19H39O2. The molecule has 0 amide bonds. The molecule has 0 aromatic heterocycles. The normalized spacial score (nSPS) is 12.7. The summed E-state index contributed by atoms with van der Waals surface area (Å²) < 4.78 is 5.19. The van der Waals surface area contributed by atoms with Crippen molar-refractivity contribution in [1.82, 2.24) is 0 Å². The van der Waals surface area contributed by atoms with Gasteiger partial charge < -0.3 is 9.84 Å². The number of ether oxygens (including phenoxy) is 1. The molecule has 0 aliphatic heterocycles. The molecule has 0 heterocycles. The Morgan fingerprint density at radius 2 is 1.10 bits per heavy atom. The Labute approximate surface area is 133 Å². The number of aliphatic hydroxyl groups is 1. The average molecular weight is 300 g/mol. The third kappa shape index (κ3) is 17.9. The summed E-state index contributed by atoms with van der Waals surface area (Å²) in [5.41, 5.74) is 0. The van der Waals surface area contributed by atoms with Gasteiger partial charge in [-0.05, 0) is 19.8 Å². The lowest BCUT2D eigenvalue weighted by molar-refractivity contribution is -0.0971. The van der Waals surface area contributed by atoms with Crippen molar-refractivity contribution < 1.29 is 9.84 Å². The summed E-state index contributed by atoms with van der Waals surface area (Å²) >= 11 is 0. The molecule has 2 nitrogen and oxygen atoms in total. The molecule has 0 rings (SSSR count). The second-order valence-electron chi connectivity index (χ2n) is 6.21. The van der Waals surface area contributed by atoms with Gasteiger partial charge in [0.25, 0.3) is 0 Å². The lowest BCUT2D eigenvalue weighted by Gasteiger charge is -2.08. The Kier molecular flexibility index (Phi) is 17.9. The highest BCUT2D eigenvalue weighted by molar-refractivity contribution is 4.50. The first kappa shape index (κ1) is 20.9. The summed E-state index contributed by atoms with van der Waals surface area (Å²) in [6.45, 7) is 6.55. The second kappa shape index (κ2) is 18.0. The van der Waals surface area contributed by atoms with Crippen LogP contribution in [0.15, 0.2) is 0 Å². The first-order chi connectivity index (χ1) is 10.3. The SMILES string of the molecule is [CH2]CC(O)OCCCCCCCCCCCCCCCC. The molecule has 1 atom stereocenters. The van der Waals surface area contributed by atoms with Gasteiger partial charge >= 0.3 is 0 Å². The summed E-state index contributed by atoms with van der Waals surface area (Å²) in [6, 6.07) is 0. The fourth-order valence-corrected chi connectivity index (χ4v) is 2.60. The molecule has 1 N–H and O–H groups in total. The minimum atomic E-state index is -0.660. The van der Waals surface area contributed by atoms with Crippen molar-refractivity contribution in [3.8, 4) is 0 Å². The van der Waals surface area contributed by atoms with Crippen LogP contribution < -0.4 is 0 Å². The first-order valence-corrected chi connectivity index (χ1v) is 9.40. The van der Waals surface area contributed by atoms with E-state index in [9.17, 15) is 5.11 Å². The largest absolute Gasteiger partial charge is 0.368 e. The van der Waals surface area contributed by atoms with Crippen LogP contribution in [0.5, 0.6) is 0 Å². The molecule has 0 saturated carbocycles. The first-order valence-electron chi connectivity index (χ1n) is 9.40. The number of hydrogen-bond acceptors (Lipinski definition) is 2. The van der Waals surface area contributed by atoms with Crippen LogP contribution in [0, 0.1) is 6.92 Å². The van der Waals surface area contributed by atoms with Crippen molar-refractivity contribution in [2.24, 2.45) is 0 Å². The predicted octanol–water partition coefficient (Wildman–Crippen LogP) is 6.03. The van der Waals surface area contributed by atoms with E-state index >= 15 is 0 Å². The van der Waals surface area contributed by atoms with Crippen molar-refractivity contribution in [3.05, 3.63) is 6.92 Å². The van der Waals surface area contributed by atoms with E-state index in [1.165, 1.54) is 83.5 Å². The third-order valence-corrected chi connectivity index (χ3v) is 4.06. The van der Waals surface area contributed by atoms with E-state index in [-0.39, 0.29) is 0 Å². The fraction of sp³-hybridized carbons (Fsp3) is 0.947. The van der Waals surface area contributed by atoms with Crippen LogP contribution in [0.2, 0.25) is 0 Å². The van der Waals surface area contributed by atoms with E-state index in [0.29, 0.717) is 13.0 Å². The minimum absolute atomic E-state index is 0.443. The standard InChI is InChI=1S/C19H39O2/c1-3-5-6-7-8-9-10-11-12-13-14-15-16-17-18-21-19(20)4-2/h19-20H,2-18H2,1H3. The molecule has 0 bridgehead atoms. The summed E-state index contributed by atoms with van der Waals surface area (Å²) in [7, 11) is 0. The summed E-state index contributed by atoms with van der Waals surface area (Å²) in [5.74, 6) is 0. The molecule has 0 aliphatic rings. The van der Waals surface area contributed by atoms with Crippen molar-refractivity contribution in [2.45, 2.75) is 110 Å². The third-order valence-electron chi connectivity index (χ3n) is 4.06. The van der Waals surface area contributed by atoms with Gasteiger partial charge in [-0.25, -0.2) is 0 Å². The molecular weight excluding hydrogens is 260 g/mol. The van der Waals surface area contributed by atoms with Crippen molar-refractivity contribution in [1.29, 1.82) is 0 Å². The second-order valence-corrected chi connectivity index (χ2v) is 6.21. The zero-order valence-corrected chi connectivity index (χ0v) is 14.5. The Morgan fingerprint density at radius 1 is 0.714 bits per heavy atom. The van der Waals surface area contributed by atoms with Crippen LogP contribution in [-0.4, -0.2) is 18.0 Å². The predicted molar refractivity (Wildman–Crippen MR) is 92.2 cm³/mol. The highest BCUT2D eigenvalue weighted by Crippen LogP contribution is 2.13. The molecule has 0 aromatic carbocycles. The summed E-state index contributed by atoms with van der Waals surface area (Å²) in [6.07, 6.45) is 18.9. The van der Waals surface area contributed by atoms with Crippen molar-refractivity contribution in [2.75, 3.05) is 6.61 Å². The highest BCUT2D eigenvalue weighted by Gasteiger charge is 1.99. The number of aliphatic hydroxyl groups excluding tert-OH is 1. The van der Waals surface area contributed by atoms with E-state index in [2.05, 4.69) is 13.8 Å². The van der Waals surface area contributed by atoms with E-state index in [1.54, 1.807) is 0 Å². The zero-order chi connectivity index (χ0) is 15.6. The minimum Gasteiger partial charge on any atom is -0.368 e. The van der Waals surface area contributed by atoms with Crippen LogP contribution in [0.25, 0.3) is 0 Å². The molecule has 2 heteroatoms. The monoisotopic (exact) mass is 299 g/mol. The Morgan fingerprint density at radius 3 is 1.48 bits per heavy atom. The van der Waals surface area contributed by atoms with Gasteiger partial charge in [-0.1, -0.05) is 90.4 Å². The number of rotatable bonds is 17. The van der Waals surface area contributed by atoms with Crippen LogP contribution in [0.3, 0.4) is 0 Å². The Bertz CT molecular complexity index is 182. The lowest BCUT2D eigenvalue weighted by Crippen LogP contribution is -2.10. The average Bonchev–Trinajstić information content (AvgIpc) is 2.50.